The molecule has 0 spiro atoms. The maximum absolute atomic E-state index is 13.1. The molecular weight excluding hydrogens is 546 g/mol. The Labute approximate surface area is 241 Å². The van der Waals surface area contributed by atoms with Crippen molar-refractivity contribution in [3.63, 3.8) is 0 Å². The molecule has 0 bridgehead atoms. The number of morpholine rings is 1. The monoisotopic (exact) mass is 585 g/mol. The van der Waals surface area contributed by atoms with Crippen LogP contribution in [0.15, 0.2) is 60.7 Å². The van der Waals surface area contributed by atoms with Crippen LogP contribution in [0.1, 0.15) is 30.4 Å². The Morgan fingerprint density at radius 3 is 2.29 bits per heavy atom. The highest BCUT2D eigenvalue weighted by Crippen LogP contribution is 2.17. The fourth-order valence-electron chi connectivity index (χ4n) is 5.14. The molecule has 2 unspecified atom stereocenters. The van der Waals surface area contributed by atoms with Gasteiger partial charge in [-0.3, -0.25) is 9.59 Å². The van der Waals surface area contributed by atoms with Crippen molar-refractivity contribution in [2.45, 2.75) is 37.7 Å². The van der Waals surface area contributed by atoms with E-state index < -0.39 is 27.9 Å². The van der Waals surface area contributed by atoms with Crippen LogP contribution in [0.4, 0.5) is 4.79 Å². The average Bonchev–Trinajstić information content (AvgIpc) is 3.16. The Morgan fingerprint density at radius 1 is 0.951 bits per heavy atom. The lowest BCUT2D eigenvalue weighted by atomic mass is 10.0. The van der Waals surface area contributed by atoms with Crippen molar-refractivity contribution in [3.05, 3.63) is 71.8 Å². The summed E-state index contributed by atoms with van der Waals surface area (Å²) in [6, 6.07) is 17.8. The van der Waals surface area contributed by atoms with Gasteiger partial charge in [0.25, 0.3) is 0 Å². The van der Waals surface area contributed by atoms with Crippen LogP contribution < -0.4 is 5.32 Å². The molecule has 11 heteroatoms. The van der Waals surface area contributed by atoms with Gasteiger partial charge in [-0.1, -0.05) is 60.7 Å². The number of hydrogen-bond acceptors (Lipinski definition) is 8. The third-order valence-corrected chi connectivity index (χ3v) is 9.07. The van der Waals surface area contributed by atoms with Crippen LogP contribution in [0.5, 0.6) is 0 Å². The van der Waals surface area contributed by atoms with Gasteiger partial charge < -0.3 is 24.6 Å². The van der Waals surface area contributed by atoms with Crippen molar-refractivity contribution in [1.82, 2.24) is 15.1 Å². The third kappa shape index (κ3) is 9.94. The van der Waals surface area contributed by atoms with E-state index in [1.807, 2.05) is 36.4 Å². The number of carbonyl (C=O) groups is 3. The maximum Gasteiger partial charge on any atom is 0.410 e. The lowest BCUT2D eigenvalue weighted by Crippen LogP contribution is -2.46. The molecule has 2 aromatic rings. The third-order valence-electron chi connectivity index (χ3n) is 7.32. The summed E-state index contributed by atoms with van der Waals surface area (Å²) >= 11 is 0. The van der Waals surface area contributed by atoms with Crippen molar-refractivity contribution in [2.75, 3.05) is 51.7 Å². The molecule has 2 heterocycles. The Morgan fingerprint density at radius 2 is 1.61 bits per heavy atom. The first-order chi connectivity index (χ1) is 19.8. The second-order valence-electron chi connectivity index (χ2n) is 10.6. The van der Waals surface area contributed by atoms with Gasteiger partial charge in [-0.2, -0.15) is 0 Å². The summed E-state index contributed by atoms with van der Waals surface area (Å²) in [6.45, 7) is 2.50. The van der Waals surface area contributed by atoms with Gasteiger partial charge in [-0.15, -0.1) is 0 Å². The highest BCUT2D eigenvalue weighted by molar-refractivity contribution is 7.90. The minimum absolute atomic E-state index is 0.0554. The van der Waals surface area contributed by atoms with Gasteiger partial charge >= 0.3 is 6.09 Å². The predicted octanol–water partition coefficient (Wildman–Crippen LogP) is 2.43. The van der Waals surface area contributed by atoms with Crippen molar-refractivity contribution < 1.29 is 32.3 Å². The molecule has 2 aromatic carbocycles. The number of likely N-dealkylation sites (tertiary alicyclic amines) is 1. The van der Waals surface area contributed by atoms with Crippen LogP contribution in [0.3, 0.4) is 0 Å². The molecule has 4 rings (SSSR count). The van der Waals surface area contributed by atoms with Crippen LogP contribution in [0.2, 0.25) is 0 Å². The molecule has 0 radical (unpaired) electrons. The van der Waals surface area contributed by atoms with E-state index in [1.54, 1.807) is 29.2 Å². The number of amides is 2. The van der Waals surface area contributed by atoms with Crippen molar-refractivity contribution in [1.29, 1.82) is 0 Å². The van der Waals surface area contributed by atoms with E-state index >= 15 is 0 Å². The standard InChI is InChI=1S/C30H39N3O7S/c34-28-20-33(30(36)40-21-24-8-3-1-4-9-24)13-7-12-27(28)31-19-26(18-29(35)32-14-16-39-17-15-32)23-41(37,38)22-25-10-5-2-6-11-25/h1-6,8-11,26-27,31H,7,12-23H2. The minimum atomic E-state index is -3.52. The molecule has 2 amide bonds. The van der Waals surface area contributed by atoms with E-state index in [1.165, 1.54) is 4.90 Å². The van der Waals surface area contributed by atoms with Crippen LogP contribution in [0.25, 0.3) is 0 Å². The summed E-state index contributed by atoms with van der Waals surface area (Å²) in [5.41, 5.74) is 1.55. The first kappa shape index (κ1) is 30.7. The molecule has 0 aliphatic carbocycles. The largest absolute Gasteiger partial charge is 0.445 e. The SMILES string of the molecule is O=C1CN(C(=O)OCc2ccccc2)CCCC1NCC(CC(=O)N1CCOCC1)CS(=O)(=O)Cc1ccccc1. The average molecular weight is 586 g/mol. The van der Waals surface area contributed by atoms with Gasteiger partial charge in [-0.25, -0.2) is 13.2 Å². The quantitative estimate of drug-likeness (QED) is 0.427. The molecule has 2 aliphatic heterocycles. The van der Waals surface area contributed by atoms with E-state index in [2.05, 4.69) is 5.32 Å². The zero-order chi connectivity index (χ0) is 29.1. The molecule has 41 heavy (non-hydrogen) atoms. The van der Waals surface area contributed by atoms with Crippen LogP contribution in [0, 0.1) is 5.92 Å². The lowest BCUT2D eigenvalue weighted by molar-refractivity contribution is -0.136. The Balaban J connectivity index is 1.35. The number of nitrogens with one attached hydrogen (secondary N) is 1. The highest BCUT2D eigenvalue weighted by atomic mass is 32.2. The predicted molar refractivity (Wildman–Crippen MR) is 154 cm³/mol. The van der Waals surface area contributed by atoms with Gasteiger partial charge in [0.15, 0.2) is 15.6 Å². The number of ether oxygens (including phenoxy) is 2. The molecule has 0 saturated carbocycles. The second-order valence-corrected chi connectivity index (χ2v) is 12.7. The van der Waals surface area contributed by atoms with Gasteiger partial charge in [0.2, 0.25) is 5.91 Å². The molecular formula is C30H39N3O7S. The number of Topliss-reactive ketones (excluding diaryl/α,β-unsaturated/α-hetero) is 1. The molecule has 10 nitrogen and oxygen atoms in total. The van der Waals surface area contributed by atoms with Crippen LogP contribution in [-0.4, -0.2) is 93.7 Å². The summed E-state index contributed by atoms with van der Waals surface area (Å²) in [5, 5.41) is 3.24. The molecule has 2 saturated heterocycles. The number of benzene rings is 2. The number of hydrogen-bond donors (Lipinski definition) is 1. The zero-order valence-electron chi connectivity index (χ0n) is 23.3. The summed E-state index contributed by atoms with van der Waals surface area (Å²) in [5.74, 6) is -1.08. The number of nitrogens with zero attached hydrogens (tertiary/aromatic N) is 2. The Hall–Kier alpha value is -3.28. The topological polar surface area (TPSA) is 122 Å². The molecule has 222 valence electrons. The molecule has 2 fully saturated rings. The van der Waals surface area contributed by atoms with E-state index in [0.717, 1.165) is 5.56 Å². The van der Waals surface area contributed by atoms with Gasteiger partial charge in [0, 0.05) is 32.6 Å². The van der Waals surface area contributed by atoms with Crippen molar-refractivity contribution in [3.8, 4) is 0 Å². The fourth-order valence-corrected chi connectivity index (χ4v) is 6.91. The number of sulfone groups is 1. The Kier molecular flexibility index (Phi) is 11.3. The maximum atomic E-state index is 13.1. The smallest absolute Gasteiger partial charge is 0.410 e. The minimum Gasteiger partial charge on any atom is -0.445 e. The Bertz CT molecular complexity index is 1250. The number of rotatable bonds is 11. The summed E-state index contributed by atoms with van der Waals surface area (Å²) in [7, 11) is -3.52. The summed E-state index contributed by atoms with van der Waals surface area (Å²) in [4.78, 5) is 41.9. The summed E-state index contributed by atoms with van der Waals surface area (Å²) < 4.78 is 37.0. The number of carbonyl (C=O) groups excluding carboxylic acids is 3. The highest BCUT2D eigenvalue weighted by Gasteiger charge is 2.30. The zero-order valence-corrected chi connectivity index (χ0v) is 24.1. The van der Waals surface area contributed by atoms with Crippen molar-refractivity contribution >= 4 is 27.6 Å². The summed E-state index contributed by atoms with van der Waals surface area (Å²) in [6.07, 6.45) is 0.610. The lowest BCUT2D eigenvalue weighted by Gasteiger charge is -2.29. The normalized spacial score (nSPS) is 18.9. The molecule has 0 aromatic heterocycles. The van der Waals surface area contributed by atoms with E-state index in [-0.39, 0.29) is 49.3 Å². The first-order valence-corrected chi connectivity index (χ1v) is 15.9. The number of ketones is 1. The van der Waals surface area contributed by atoms with Crippen molar-refractivity contribution in [2.24, 2.45) is 5.92 Å². The first-order valence-electron chi connectivity index (χ1n) is 14.1. The van der Waals surface area contributed by atoms with E-state index in [4.69, 9.17) is 9.47 Å². The van der Waals surface area contributed by atoms with E-state index in [9.17, 15) is 22.8 Å². The molecule has 2 atom stereocenters. The van der Waals surface area contributed by atoms with Crippen LogP contribution in [-0.2, 0) is 41.3 Å². The van der Waals surface area contributed by atoms with E-state index in [0.29, 0.717) is 51.3 Å². The fraction of sp³-hybridized carbons (Fsp3) is 0.500. The molecule has 1 N–H and O–H groups in total. The van der Waals surface area contributed by atoms with Crippen LogP contribution >= 0.6 is 0 Å². The molecule has 2 aliphatic rings. The van der Waals surface area contributed by atoms with Gasteiger partial charge in [0.05, 0.1) is 37.3 Å². The van der Waals surface area contributed by atoms with Gasteiger partial charge in [0.1, 0.15) is 6.61 Å². The van der Waals surface area contributed by atoms with Gasteiger partial charge in [-0.05, 0) is 29.9 Å². The second kappa shape index (κ2) is 15.1.